The van der Waals surface area contributed by atoms with Gasteiger partial charge >= 0.3 is 5.97 Å². The second kappa shape index (κ2) is 8.55. The van der Waals surface area contributed by atoms with Crippen molar-refractivity contribution >= 4 is 40.6 Å². The van der Waals surface area contributed by atoms with Crippen LogP contribution in [0.3, 0.4) is 0 Å². The van der Waals surface area contributed by atoms with E-state index < -0.39 is 5.97 Å². The minimum absolute atomic E-state index is 0.233. The first-order valence-corrected chi connectivity index (χ1v) is 9.12. The molecule has 1 aliphatic rings. The number of carbonyl (C=O) groups is 2. The van der Waals surface area contributed by atoms with Crippen LogP contribution < -0.4 is 10.1 Å². The Morgan fingerprint density at radius 2 is 1.93 bits per heavy atom. The highest BCUT2D eigenvalue weighted by molar-refractivity contribution is 8.18. The largest absolute Gasteiger partial charge is 0.494 e. The van der Waals surface area contributed by atoms with Gasteiger partial charge in [-0.2, -0.15) is 0 Å². The lowest BCUT2D eigenvalue weighted by atomic mass is 10.2. The molecular formula is C20H18N2O4S. The van der Waals surface area contributed by atoms with E-state index in [1.54, 1.807) is 30.3 Å². The van der Waals surface area contributed by atoms with Crippen LogP contribution in [0.15, 0.2) is 58.4 Å². The molecule has 2 aromatic rings. The van der Waals surface area contributed by atoms with Crippen molar-refractivity contribution in [2.24, 2.45) is 4.99 Å². The number of para-hydroxylation sites is 1. The molecule has 3 rings (SSSR count). The molecule has 1 amide bonds. The molecule has 1 saturated heterocycles. The first kappa shape index (κ1) is 18.7. The number of methoxy groups -OCH3 is 1. The van der Waals surface area contributed by atoms with Crippen molar-refractivity contribution in [2.45, 2.75) is 6.92 Å². The molecule has 7 heteroatoms. The van der Waals surface area contributed by atoms with Crippen LogP contribution in [0.4, 0.5) is 5.69 Å². The van der Waals surface area contributed by atoms with E-state index in [9.17, 15) is 9.59 Å². The number of amidine groups is 1. The van der Waals surface area contributed by atoms with E-state index in [0.717, 1.165) is 11.3 Å². The highest BCUT2D eigenvalue weighted by Gasteiger charge is 2.24. The van der Waals surface area contributed by atoms with Gasteiger partial charge in [-0.25, -0.2) is 9.79 Å². The maximum absolute atomic E-state index is 12.2. The molecule has 1 N–H and O–H groups in total. The molecule has 6 nitrogen and oxygen atoms in total. The van der Waals surface area contributed by atoms with Crippen LogP contribution in [0.25, 0.3) is 6.08 Å². The van der Waals surface area contributed by atoms with E-state index in [1.807, 2.05) is 31.2 Å². The Labute approximate surface area is 161 Å². The summed E-state index contributed by atoms with van der Waals surface area (Å²) in [5.41, 5.74) is 1.66. The Balaban J connectivity index is 1.81. The van der Waals surface area contributed by atoms with Crippen LogP contribution in [-0.2, 0) is 9.53 Å². The Bertz CT molecular complexity index is 920. The lowest BCUT2D eigenvalue weighted by molar-refractivity contribution is -0.115. The van der Waals surface area contributed by atoms with Crippen LogP contribution in [0.5, 0.6) is 5.75 Å². The second-order valence-corrected chi connectivity index (χ2v) is 6.52. The normalized spacial score (nSPS) is 16.4. The average molecular weight is 382 g/mol. The highest BCUT2D eigenvalue weighted by atomic mass is 32.2. The summed E-state index contributed by atoms with van der Waals surface area (Å²) in [7, 11) is 1.32. The van der Waals surface area contributed by atoms with Gasteiger partial charge in [0.15, 0.2) is 5.17 Å². The van der Waals surface area contributed by atoms with Gasteiger partial charge in [-0.3, -0.25) is 4.79 Å². The third kappa shape index (κ3) is 4.57. The van der Waals surface area contributed by atoms with E-state index in [2.05, 4.69) is 10.3 Å². The number of hydrogen-bond acceptors (Lipinski definition) is 6. The van der Waals surface area contributed by atoms with Gasteiger partial charge < -0.3 is 14.8 Å². The molecular weight excluding hydrogens is 364 g/mol. The fourth-order valence-electron chi connectivity index (χ4n) is 2.42. The number of nitrogens with zero attached hydrogens (tertiary/aromatic N) is 1. The molecule has 27 heavy (non-hydrogen) atoms. The van der Waals surface area contributed by atoms with Crippen LogP contribution in [0, 0.1) is 0 Å². The summed E-state index contributed by atoms with van der Waals surface area (Å²) in [4.78, 5) is 29.0. The molecule has 138 valence electrons. The fourth-order valence-corrected chi connectivity index (χ4v) is 3.26. The number of ether oxygens (including phenoxy) is 2. The SMILES string of the molecule is CCOc1ccc(/C=C2\SC(=Nc3ccccc3C(=O)OC)NC2=O)cc1. The van der Waals surface area contributed by atoms with E-state index in [0.29, 0.717) is 27.9 Å². The van der Waals surface area contributed by atoms with Crippen molar-refractivity contribution in [3.63, 3.8) is 0 Å². The number of benzene rings is 2. The van der Waals surface area contributed by atoms with E-state index in [1.165, 1.54) is 18.9 Å². The number of esters is 1. The molecule has 1 aliphatic heterocycles. The Kier molecular flexibility index (Phi) is 5.93. The highest BCUT2D eigenvalue weighted by Crippen LogP contribution is 2.29. The molecule has 0 saturated carbocycles. The van der Waals surface area contributed by atoms with E-state index in [-0.39, 0.29) is 5.91 Å². The maximum Gasteiger partial charge on any atom is 0.340 e. The minimum atomic E-state index is -0.477. The summed E-state index contributed by atoms with van der Waals surface area (Å²) >= 11 is 1.22. The molecule has 1 heterocycles. The summed E-state index contributed by atoms with van der Waals surface area (Å²) in [6.45, 7) is 2.53. The third-order valence-electron chi connectivity index (χ3n) is 3.67. The average Bonchev–Trinajstić information content (AvgIpc) is 3.02. The Morgan fingerprint density at radius 3 is 2.63 bits per heavy atom. The van der Waals surface area contributed by atoms with Gasteiger partial charge in [0.2, 0.25) is 0 Å². The Morgan fingerprint density at radius 1 is 1.19 bits per heavy atom. The molecule has 2 aromatic carbocycles. The van der Waals surface area contributed by atoms with Gasteiger partial charge in [-0.1, -0.05) is 24.3 Å². The molecule has 0 spiro atoms. The quantitative estimate of drug-likeness (QED) is 0.629. The molecule has 0 bridgehead atoms. The molecule has 0 atom stereocenters. The predicted octanol–water partition coefficient (Wildman–Crippen LogP) is 3.76. The maximum atomic E-state index is 12.2. The standard InChI is InChI=1S/C20H18N2O4S/c1-3-26-14-10-8-13(9-11-14)12-17-18(23)22-20(27-17)21-16-7-5-4-6-15(16)19(24)25-2/h4-12H,3H2,1-2H3,(H,21,22,23)/b17-12-. The summed E-state index contributed by atoms with van der Waals surface area (Å²) in [5, 5.41) is 3.13. The summed E-state index contributed by atoms with van der Waals surface area (Å²) in [5.74, 6) is 0.0717. The minimum Gasteiger partial charge on any atom is -0.494 e. The lowest BCUT2D eigenvalue weighted by Crippen LogP contribution is -2.19. The number of amides is 1. The smallest absolute Gasteiger partial charge is 0.340 e. The zero-order chi connectivity index (χ0) is 19.2. The van der Waals surface area contributed by atoms with Gasteiger partial charge in [-0.15, -0.1) is 0 Å². The van der Waals surface area contributed by atoms with E-state index in [4.69, 9.17) is 9.47 Å². The first-order chi connectivity index (χ1) is 13.1. The third-order valence-corrected chi connectivity index (χ3v) is 4.58. The number of nitrogens with one attached hydrogen (secondary N) is 1. The zero-order valence-corrected chi connectivity index (χ0v) is 15.7. The molecule has 0 aromatic heterocycles. The van der Waals surface area contributed by atoms with Crippen LogP contribution in [-0.4, -0.2) is 30.8 Å². The number of hydrogen-bond donors (Lipinski definition) is 1. The van der Waals surface area contributed by atoms with Crippen LogP contribution in [0.1, 0.15) is 22.8 Å². The van der Waals surface area contributed by atoms with Gasteiger partial charge in [0.25, 0.3) is 5.91 Å². The fraction of sp³-hybridized carbons (Fsp3) is 0.150. The number of thioether (sulfide) groups is 1. The number of aliphatic imine (C=N–C) groups is 1. The summed E-state index contributed by atoms with van der Waals surface area (Å²) in [6.07, 6.45) is 1.78. The Hall–Kier alpha value is -3.06. The lowest BCUT2D eigenvalue weighted by Gasteiger charge is -2.03. The van der Waals surface area contributed by atoms with Crippen molar-refractivity contribution in [1.29, 1.82) is 0 Å². The van der Waals surface area contributed by atoms with Gasteiger partial charge in [0, 0.05) is 0 Å². The topological polar surface area (TPSA) is 77.0 Å². The van der Waals surface area contributed by atoms with Crippen molar-refractivity contribution in [1.82, 2.24) is 5.32 Å². The van der Waals surface area contributed by atoms with Gasteiger partial charge in [0.1, 0.15) is 5.75 Å². The summed E-state index contributed by atoms with van der Waals surface area (Å²) in [6, 6.07) is 14.3. The van der Waals surface area contributed by atoms with Crippen molar-refractivity contribution in [2.75, 3.05) is 13.7 Å². The van der Waals surface area contributed by atoms with Crippen LogP contribution >= 0.6 is 11.8 Å². The van der Waals surface area contributed by atoms with Gasteiger partial charge in [0.05, 0.1) is 29.9 Å². The number of carbonyl (C=O) groups excluding carboxylic acids is 2. The van der Waals surface area contributed by atoms with Crippen molar-refractivity contribution < 1.29 is 19.1 Å². The predicted molar refractivity (Wildman–Crippen MR) is 106 cm³/mol. The number of rotatable bonds is 5. The molecule has 0 unspecified atom stereocenters. The van der Waals surface area contributed by atoms with Gasteiger partial charge in [-0.05, 0) is 54.6 Å². The van der Waals surface area contributed by atoms with Crippen molar-refractivity contribution in [3.8, 4) is 5.75 Å². The zero-order valence-electron chi connectivity index (χ0n) is 14.9. The van der Waals surface area contributed by atoms with Crippen LogP contribution in [0.2, 0.25) is 0 Å². The monoisotopic (exact) mass is 382 g/mol. The van der Waals surface area contributed by atoms with E-state index >= 15 is 0 Å². The molecule has 0 radical (unpaired) electrons. The molecule has 1 fully saturated rings. The first-order valence-electron chi connectivity index (χ1n) is 8.30. The van der Waals surface area contributed by atoms with Crippen molar-refractivity contribution in [3.05, 3.63) is 64.6 Å². The second-order valence-electron chi connectivity index (χ2n) is 5.49. The summed E-state index contributed by atoms with van der Waals surface area (Å²) < 4.78 is 10.2. The molecule has 0 aliphatic carbocycles.